The van der Waals surface area contributed by atoms with Crippen molar-refractivity contribution in [2.24, 2.45) is 0 Å². The third kappa shape index (κ3) is 4.72. The lowest BCUT2D eigenvalue weighted by atomic mass is 10.3. The Morgan fingerprint density at radius 3 is 3.05 bits per heavy atom. The van der Waals surface area contributed by atoms with Crippen molar-refractivity contribution in [3.63, 3.8) is 0 Å². The molecular weight excluding hydrogens is 278 g/mol. The molecule has 0 aliphatic rings. The van der Waals surface area contributed by atoms with Crippen molar-refractivity contribution in [3.05, 3.63) is 30.1 Å². The topological polar surface area (TPSA) is 61.0 Å². The van der Waals surface area contributed by atoms with Gasteiger partial charge in [0.05, 0.1) is 6.61 Å². The van der Waals surface area contributed by atoms with Crippen LogP contribution in [0.3, 0.4) is 0 Å². The first-order valence-electron chi connectivity index (χ1n) is 6.21. The normalized spacial score (nSPS) is 10.6. The van der Waals surface area contributed by atoms with Gasteiger partial charge >= 0.3 is 0 Å². The highest BCUT2D eigenvalue weighted by Gasteiger charge is 2.02. The largest absolute Gasteiger partial charge is 0.493 e. The fourth-order valence-electron chi connectivity index (χ4n) is 1.45. The van der Waals surface area contributed by atoms with E-state index in [-0.39, 0.29) is 0 Å². The minimum Gasteiger partial charge on any atom is -0.493 e. The number of nitrogens with two attached hydrogens (primary N) is 1. The third-order valence-electron chi connectivity index (χ3n) is 2.41. The van der Waals surface area contributed by atoms with Gasteiger partial charge < -0.3 is 10.5 Å². The molecule has 0 bridgehead atoms. The Balaban J connectivity index is 1.64. The Hall–Kier alpha value is -1.27. The van der Waals surface area contributed by atoms with Crippen molar-refractivity contribution in [2.75, 3.05) is 18.1 Å². The van der Waals surface area contributed by atoms with Crippen LogP contribution in [0.2, 0.25) is 0 Å². The zero-order valence-electron chi connectivity index (χ0n) is 10.8. The van der Waals surface area contributed by atoms with Crippen LogP contribution >= 0.6 is 23.3 Å². The molecule has 1 aromatic heterocycles. The van der Waals surface area contributed by atoms with Crippen LogP contribution in [0.5, 0.6) is 5.75 Å². The van der Waals surface area contributed by atoms with Crippen LogP contribution in [0.1, 0.15) is 19.2 Å². The molecule has 2 rings (SSSR count). The first-order chi connectivity index (χ1) is 9.28. The number of ether oxygens (including phenoxy) is 1. The van der Waals surface area contributed by atoms with Crippen molar-refractivity contribution in [3.8, 4) is 5.75 Å². The predicted molar refractivity (Wildman–Crippen MR) is 81.0 cm³/mol. The summed E-state index contributed by atoms with van der Waals surface area (Å²) < 4.78 is 10.9. The third-order valence-corrected chi connectivity index (χ3v) is 4.36. The smallest absolute Gasteiger partial charge is 0.170 e. The Kier molecular flexibility index (Phi) is 5.47. The van der Waals surface area contributed by atoms with E-state index in [4.69, 9.17) is 10.5 Å². The van der Waals surface area contributed by atoms with Crippen LogP contribution in [0.4, 0.5) is 5.69 Å². The van der Waals surface area contributed by atoms with Crippen molar-refractivity contribution >= 4 is 29.0 Å². The summed E-state index contributed by atoms with van der Waals surface area (Å²) in [7, 11) is 0. The average molecular weight is 295 g/mol. The molecule has 2 aromatic rings. The minimum absolute atomic E-state index is 0.690. The van der Waals surface area contributed by atoms with Gasteiger partial charge in [-0.2, -0.15) is 4.37 Å². The summed E-state index contributed by atoms with van der Waals surface area (Å²) in [5, 5.41) is 0. The molecule has 4 nitrogen and oxygen atoms in total. The highest BCUT2D eigenvalue weighted by Crippen LogP contribution is 2.21. The number of anilines is 1. The van der Waals surface area contributed by atoms with Crippen molar-refractivity contribution in [2.45, 2.75) is 24.1 Å². The van der Waals surface area contributed by atoms with Crippen LogP contribution in [-0.2, 0) is 6.42 Å². The van der Waals surface area contributed by atoms with Gasteiger partial charge in [0.25, 0.3) is 0 Å². The summed E-state index contributed by atoms with van der Waals surface area (Å²) in [4.78, 5) is 4.41. The second-order valence-corrected chi connectivity index (χ2v) is 6.05. The molecule has 0 aliphatic heterocycles. The molecule has 1 heterocycles. The summed E-state index contributed by atoms with van der Waals surface area (Å²) in [6.45, 7) is 2.76. The van der Waals surface area contributed by atoms with E-state index >= 15 is 0 Å². The summed E-state index contributed by atoms with van der Waals surface area (Å²) in [5.41, 5.74) is 6.41. The number of hydrogen-bond acceptors (Lipinski definition) is 6. The Morgan fingerprint density at radius 2 is 2.32 bits per heavy atom. The molecule has 102 valence electrons. The summed E-state index contributed by atoms with van der Waals surface area (Å²) in [5.74, 6) is 2.75. The minimum atomic E-state index is 0.690. The maximum absolute atomic E-state index is 5.68. The van der Waals surface area contributed by atoms with Crippen molar-refractivity contribution in [1.82, 2.24) is 9.36 Å². The van der Waals surface area contributed by atoms with Crippen LogP contribution in [-0.4, -0.2) is 21.7 Å². The fourth-order valence-corrected chi connectivity index (χ4v) is 3.13. The standard InChI is InChI=1S/C13H17N3OS2/c1-2-12-15-13(19-16-12)18-8-4-7-17-11-6-3-5-10(14)9-11/h3,5-6,9H,2,4,7-8,14H2,1H3. The van der Waals surface area contributed by atoms with Gasteiger partial charge in [-0.1, -0.05) is 24.8 Å². The molecule has 0 radical (unpaired) electrons. The van der Waals surface area contributed by atoms with Gasteiger partial charge in [0.15, 0.2) is 4.34 Å². The molecule has 0 aliphatic carbocycles. The van der Waals surface area contributed by atoms with Crippen LogP contribution in [0, 0.1) is 0 Å². The molecule has 0 atom stereocenters. The van der Waals surface area contributed by atoms with E-state index < -0.39 is 0 Å². The predicted octanol–water partition coefficient (Wildman–Crippen LogP) is 3.24. The number of rotatable bonds is 7. The monoisotopic (exact) mass is 295 g/mol. The molecule has 19 heavy (non-hydrogen) atoms. The second kappa shape index (κ2) is 7.35. The van der Waals surface area contributed by atoms with E-state index in [0.717, 1.165) is 40.2 Å². The SMILES string of the molecule is CCc1nsc(SCCCOc2cccc(N)c2)n1. The maximum atomic E-state index is 5.68. The lowest BCUT2D eigenvalue weighted by molar-refractivity contribution is 0.319. The van der Waals surface area contributed by atoms with Gasteiger partial charge in [-0.15, -0.1) is 0 Å². The summed E-state index contributed by atoms with van der Waals surface area (Å²) in [6.07, 6.45) is 1.87. The molecule has 1 aromatic carbocycles. The number of nitrogen functional groups attached to an aromatic ring is 1. The summed E-state index contributed by atoms with van der Waals surface area (Å²) >= 11 is 3.21. The number of aryl methyl sites for hydroxylation is 1. The van der Waals surface area contributed by atoms with Crippen LogP contribution < -0.4 is 10.5 Å². The number of nitrogens with zero attached hydrogens (tertiary/aromatic N) is 2. The quantitative estimate of drug-likeness (QED) is 0.483. The average Bonchev–Trinajstić information content (AvgIpc) is 2.86. The summed E-state index contributed by atoms with van der Waals surface area (Å²) in [6, 6.07) is 7.50. The first-order valence-corrected chi connectivity index (χ1v) is 7.97. The second-order valence-electron chi connectivity index (χ2n) is 3.95. The number of thioether (sulfide) groups is 1. The highest BCUT2D eigenvalue weighted by atomic mass is 32.2. The van der Waals surface area contributed by atoms with Gasteiger partial charge in [0.1, 0.15) is 11.6 Å². The Labute approximate surface area is 121 Å². The van der Waals surface area contributed by atoms with E-state index in [1.165, 1.54) is 11.5 Å². The molecule has 6 heteroatoms. The van der Waals surface area contributed by atoms with E-state index in [2.05, 4.69) is 16.3 Å². The molecule has 0 saturated heterocycles. The molecule has 0 fully saturated rings. The highest BCUT2D eigenvalue weighted by molar-refractivity contribution is 8.00. The van der Waals surface area contributed by atoms with Gasteiger partial charge in [0.2, 0.25) is 0 Å². The van der Waals surface area contributed by atoms with Gasteiger partial charge in [-0.3, -0.25) is 0 Å². The van der Waals surface area contributed by atoms with Crippen LogP contribution in [0.15, 0.2) is 28.6 Å². The zero-order valence-corrected chi connectivity index (χ0v) is 12.5. The number of hydrogen-bond donors (Lipinski definition) is 1. The van der Waals surface area contributed by atoms with E-state index in [1.54, 1.807) is 11.8 Å². The van der Waals surface area contributed by atoms with Crippen molar-refractivity contribution < 1.29 is 4.74 Å². The molecule has 0 saturated carbocycles. The number of aromatic nitrogens is 2. The van der Waals surface area contributed by atoms with Gasteiger partial charge in [0, 0.05) is 23.9 Å². The number of benzene rings is 1. The molecule has 0 amide bonds. The molecule has 0 spiro atoms. The van der Waals surface area contributed by atoms with Gasteiger partial charge in [-0.25, -0.2) is 4.98 Å². The zero-order chi connectivity index (χ0) is 13.5. The molecule has 0 unspecified atom stereocenters. The Bertz CT molecular complexity index is 516. The van der Waals surface area contributed by atoms with Gasteiger partial charge in [-0.05, 0) is 30.1 Å². The van der Waals surface area contributed by atoms with Crippen LogP contribution in [0.25, 0.3) is 0 Å². The van der Waals surface area contributed by atoms with E-state index in [1.807, 2.05) is 24.3 Å². The fraction of sp³-hybridized carbons (Fsp3) is 0.385. The maximum Gasteiger partial charge on any atom is 0.170 e. The first kappa shape index (κ1) is 14.1. The van der Waals surface area contributed by atoms with E-state index in [0.29, 0.717) is 6.61 Å². The molecular formula is C13H17N3OS2. The lowest BCUT2D eigenvalue weighted by Crippen LogP contribution is -1.99. The lowest BCUT2D eigenvalue weighted by Gasteiger charge is -2.05. The molecule has 2 N–H and O–H groups in total. The van der Waals surface area contributed by atoms with Crippen molar-refractivity contribution in [1.29, 1.82) is 0 Å². The Morgan fingerprint density at radius 1 is 1.42 bits per heavy atom. The van der Waals surface area contributed by atoms with E-state index in [9.17, 15) is 0 Å².